The fourth-order valence-corrected chi connectivity index (χ4v) is 9.67. The number of aliphatic hydroxyl groups is 3. The molecule has 3 saturated carbocycles. The molecule has 0 amide bonds. The molecule has 0 bridgehead atoms. The summed E-state index contributed by atoms with van der Waals surface area (Å²) in [7, 11) is 0. The van der Waals surface area contributed by atoms with Crippen LogP contribution in [0.1, 0.15) is 98.2 Å². The van der Waals surface area contributed by atoms with Crippen LogP contribution in [0, 0.1) is 23.2 Å². The number of fused-ring (bicyclic) bond motifs is 1. The van der Waals surface area contributed by atoms with Gasteiger partial charge >= 0.3 is 0 Å². The van der Waals surface area contributed by atoms with Crippen LogP contribution in [0.2, 0.25) is 0 Å². The van der Waals surface area contributed by atoms with Crippen LogP contribution >= 0.6 is 0 Å². The first-order valence-electron chi connectivity index (χ1n) is 19.4. The molecule has 8 heteroatoms. The van der Waals surface area contributed by atoms with Crippen LogP contribution in [0.3, 0.4) is 0 Å². The average molecular weight is 684 g/mol. The molecule has 1 aromatic carbocycles. The van der Waals surface area contributed by atoms with Gasteiger partial charge in [-0.05, 0) is 114 Å². The number of likely N-dealkylation sites (tertiary alicyclic amines) is 1. The molecule has 6 aliphatic rings. The summed E-state index contributed by atoms with van der Waals surface area (Å²) in [6, 6.07) is 10.8. The van der Waals surface area contributed by atoms with Crippen molar-refractivity contribution in [3.05, 3.63) is 48.0 Å². The lowest BCUT2D eigenvalue weighted by molar-refractivity contribution is -0.0938. The number of nitrogens with zero attached hydrogens (tertiary/aromatic N) is 3. The van der Waals surface area contributed by atoms with E-state index in [-0.39, 0.29) is 18.2 Å². The molecule has 3 heterocycles. The summed E-state index contributed by atoms with van der Waals surface area (Å²) in [6.07, 6.45) is 7.33. The van der Waals surface area contributed by atoms with Crippen molar-refractivity contribution in [3.8, 4) is 0 Å². The van der Waals surface area contributed by atoms with Gasteiger partial charge in [0.2, 0.25) is 0 Å². The van der Waals surface area contributed by atoms with E-state index in [2.05, 4.69) is 49.0 Å². The Hall–Kier alpha value is -1.36. The molecule has 1 aromatic rings. The Balaban J connectivity index is 0.000000144. The first-order chi connectivity index (χ1) is 23.2. The van der Waals surface area contributed by atoms with Crippen molar-refractivity contribution in [2.75, 3.05) is 65.7 Å². The summed E-state index contributed by atoms with van der Waals surface area (Å²) in [6.45, 7) is 26.4. The second kappa shape index (κ2) is 16.5. The third-order valence-corrected chi connectivity index (χ3v) is 13.3. The van der Waals surface area contributed by atoms with Crippen molar-refractivity contribution >= 4 is 0 Å². The molecule has 0 radical (unpaired) electrons. The van der Waals surface area contributed by atoms with Gasteiger partial charge in [0.25, 0.3) is 0 Å². The molecule has 6 fully saturated rings. The number of allylic oxidation sites excluding steroid dienone is 1. The zero-order valence-corrected chi connectivity index (χ0v) is 31.7. The predicted molar refractivity (Wildman–Crippen MR) is 197 cm³/mol. The quantitative estimate of drug-likeness (QED) is 0.338. The van der Waals surface area contributed by atoms with E-state index in [4.69, 9.17) is 9.47 Å². The van der Waals surface area contributed by atoms with E-state index in [1.165, 1.54) is 24.8 Å². The monoisotopic (exact) mass is 684 g/mol. The first-order valence-corrected chi connectivity index (χ1v) is 19.4. The van der Waals surface area contributed by atoms with E-state index in [1.54, 1.807) is 0 Å². The smallest absolute Gasteiger partial charge is 0.0942 e. The lowest BCUT2D eigenvalue weighted by Gasteiger charge is -2.47. The van der Waals surface area contributed by atoms with Gasteiger partial charge in [-0.15, -0.1) is 0 Å². The maximum atomic E-state index is 10.7. The summed E-state index contributed by atoms with van der Waals surface area (Å²) >= 11 is 0. The summed E-state index contributed by atoms with van der Waals surface area (Å²) in [5.74, 6) is 2.15. The zero-order chi connectivity index (χ0) is 35.4. The molecule has 7 rings (SSSR count). The summed E-state index contributed by atoms with van der Waals surface area (Å²) in [5.41, 5.74) is 1.69. The summed E-state index contributed by atoms with van der Waals surface area (Å²) in [5, 5.41) is 31.5. The molecule has 3 aliphatic heterocycles. The third kappa shape index (κ3) is 9.55. The van der Waals surface area contributed by atoms with Gasteiger partial charge in [0.1, 0.15) is 0 Å². The van der Waals surface area contributed by atoms with Crippen molar-refractivity contribution in [2.24, 2.45) is 23.2 Å². The number of benzene rings is 1. The normalized spacial score (nSPS) is 37.8. The Morgan fingerprint density at radius 3 is 1.86 bits per heavy atom. The molecule has 3 aliphatic carbocycles. The molecule has 5 unspecified atom stereocenters. The minimum absolute atomic E-state index is 0.231. The SMILES string of the molecule is C=C(C)C1CC[C@@](C)(O)C(N2CCOCC2)C1.CC1(O)C[C@H]2[C@@H](CC1N1CCOCC1)C2(C)C.C[C@H](C(O)c1ccccc1)N1CCCC1. The van der Waals surface area contributed by atoms with Gasteiger partial charge in [-0.25, -0.2) is 0 Å². The number of aliphatic hydroxyl groups excluding tert-OH is 1. The molecule has 3 saturated heterocycles. The average Bonchev–Trinajstić information content (AvgIpc) is 3.39. The van der Waals surface area contributed by atoms with E-state index in [9.17, 15) is 15.3 Å². The highest BCUT2D eigenvalue weighted by molar-refractivity contribution is 5.19. The van der Waals surface area contributed by atoms with Crippen molar-refractivity contribution in [1.29, 1.82) is 0 Å². The van der Waals surface area contributed by atoms with Crippen LogP contribution in [0.15, 0.2) is 42.5 Å². The highest BCUT2D eigenvalue weighted by Crippen LogP contribution is 2.66. The van der Waals surface area contributed by atoms with Crippen LogP contribution < -0.4 is 0 Å². The highest BCUT2D eigenvalue weighted by Gasteiger charge is 2.64. The lowest BCUT2D eigenvalue weighted by Crippen LogP contribution is -2.57. The van der Waals surface area contributed by atoms with Crippen molar-refractivity contribution in [1.82, 2.24) is 14.7 Å². The van der Waals surface area contributed by atoms with Crippen LogP contribution in [-0.2, 0) is 9.47 Å². The van der Waals surface area contributed by atoms with E-state index in [0.29, 0.717) is 17.4 Å². The van der Waals surface area contributed by atoms with Gasteiger partial charge in [-0.2, -0.15) is 0 Å². The van der Waals surface area contributed by atoms with Crippen molar-refractivity contribution in [2.45, 2.75) is 122 Å². The maximum Gasteiger partial charge on any atom is 0.0942 e. The van der Waals surface area contributed by atoms with E-state index < -0.39 is 11.2 Å². The van der Waals surface area contributed by atoms with Gasteiger partial charge in [-0.1, -0.05) is 56.3 Å². The van der Waals surface area contributed by atoms with E-state index in [0.717, 1.165) is 109 Å². The van der Waals surface area contributed by atoms with Crippen LogP contribution in [0.5, 0.6) is 0 Å². The number of hydrogen-bond donors (Lipinski definition) is 3. The van der Waals surface area contributed by atoms with Crippen LogP contribution in [-0.4, -0.2) is 125 Å². The Morgan fingerprint density at radius 2 is 1.33 bits per heavy atom. The molecule has 9 atom stereocenters. The van der Waals surface area contributed by atoms with Gasteiger partial charge in [0.05, 0.1) is 43.7 Å². The number of ether oxygens (including phenoxy) is 2. The molecule has 0 aromatic heterocycles. The van der Waals surface area contributed by atoms with Crippen molar-refractivity contribution in [3.63, 3.8) is 0 Å². The van der Waals surface area contributed by atoms with E-state index in [1.807, 2.05) is 44.2 Å². The Bertz CT molecular complexity index is 1170. The minimum Gasteiger partial charge on any atom is -0.389 e. The van der Waals surface area contributed by atoms with Gasteiger partial charge in [0, 0.05) is 44.3 Å². The molecular weight excluding hydrogens is 614 g/mol. The standard InChI is InChI=1S/2C14H25NO2.C13H19NO/c1-13(2)10-8-12(14(3,16)9-11(10)13)15-4-6-17-7-5-15;1-11(2)12-4-5-14(3,16)13(10-12)15-6-8-17-9-7-15;1-11(14-9-5-6-10-14)13(15)12-7-3-2-4-8-12/h10-12,16H,4-9H2,1-3H3;12-13,16H,1,4-10H2,2-3H3;2-4,7-8,11,13,15H,5-6,9-10H2,1H3/t10-,11+,12?,14?;12?,13?,14-;11-,13?/m111/s1. The topological polar surface area (TPSA) is 88.9 Å². The van der Waals surface area contributed by atoms with Gasteiger partial charge < -0.3 is 24.8 Å². The molecule has 278 valence electrons. The van der Waals surface area contributed by atoms with Gasteiger partial charge in [-0.3, -0.25) is 14.7 Å². The largest absolute Gasteiger partial charge is 0.389 e. The second-order valence-electron chi connectivity index (χ2n) is 17.2. The first kappa shape index (κ1) is 38.9. The number of morpholine rings is 2. The summed E-state index contributed by atoms with van der Waals surface area (Å²) < 4.78 is 10.8. The lowest BCUT2D eigenvalue weighted by atomic mass is 9.73. The molecule has 49 heavy (non-hydrogen) atoms. The van der Waals surface area contributed by atoms with E-state index >= 15 is 0 Å². The number of hydrogen-bond acceptors (Lipinski definition) is 8. The predicted octanol–water partition coefficient (Wildman–Crippen LogP) is 5.52. The molecule has 3 N–H and O–H groups in total. The Labute approximate surface area is 297 Å². The third-order valence-electron chi connectivity index (χ3n) is 13.3. The molecule has 0 spiro atoms. The Morgan fingerprint density at radius 1 is 0.796 bits per heavy atom. The minimum atomic E-state index is -0.552. The molecular formula is C41H69N3O5. The second-order valence-corrected chi connectivity index (χ2v) is 17.2. The van der Waals surface area contributed by atoms with Crippen LogP contribution in [0.4, 0.5) is 0 Å². The van der Waals surface area contributed by atoms with Crippen molar-refractivity contribution < 1.29 is 24.8 Å². The summed E-state index contributed by atoms with van der Waals surface area (Å²) in [4.78, 5) is 7.23. The van der Waals surface area contributed by atoms with Gasteiger partial charge in [0.15, 0.2) is 0 Å². The Kier molecular flexibility index (Phi) is 13.1. The van der Waals surface area contributed by atoms with Crippen LogP contribution in [0.25, 0.3) is 0 Å². The fraction of sp³-hybridized carbons (Fsp3) is 0.805. The molecule has 8 nitrogen and oxygen atoms in total. The highest BCUT2D eigenvalue weighted by atomic mass is 16.5. The zero-order valence-electron chi connectivity index (χ0n) is 31.7. The number of rotatable bonds is 6. The maximum absolute atomic E-state index is 10.7. The fourth-order valence-electron chi connectivity index (χ4n) is 9.67.